The summed E-state index contributed by atoms with van der Waals surface area (Å²) in [6.07, 6.45) is -7.16. The summed E-state index contributed by atoms with van der Waals surface area (Å²) in [5, 5.41) is 9.10. The van der Waals surface area contributed by atoms with E-state index in [0.29, 0.717) is 6.92 Å². The molecule has 0 aliphatic heterocycles. The van der Waals surface area contributed by atoms with E-state index in [9.17, 15) is 22.0 Å². The molecule has 1 N–H and O–H groups in total. The molecule has 0 radical (unpaired) electrons. The van der Waals surface area contributed by atoms with Crippen molar-refractivity contribution < 1.29 is 36.5 Å². The fraction of sp³-hybridized carbons (Fsp3) is 1.00. The molecule has 0 aromatic rings. The summed E-state index contributed by atoms with van der Waals surface area (Å²) in [4.78, 5) is 0. The van der Waals surface area contributed by atoms with Crippen LogP contribution in [0.5, 0.6) is 0 Å². The number of ether oxygens (including phenoxy) is 2. The Morgan fingerprint density at radius 2 is 1.59 bits per heavy atom. The van der Waals surface area contributed by atoms with E-state index in [1.807, 2.05) is 0 Å². The van der Waals surface area contributed by atoms with E-state index < -0.39 is 37.2 Å². The van der Waals surface area contributed by atoms with Crippen LogP contribution in [0, 0.1) is 0 Å². The van der Waals surface area contributed by atoms with Gasteiger partial charge >= 0.3 is 12.1 Å². The molecule has 104 valence electrons. The molecule has 0 saturated heterocycles. The quantitative estimate of drug-likeness (QED) is 0.593. The van der Waals surface area contributed by atoms with E-state index in [0.717, 1.165) is 0 Å². The zero-order valence-corrected chi connectivity index (χ0v) is 9.65. The second-order valence-electron chi connectivity index (χ2n) is 3.91. The van der Waals surface area contributed by atoms with Crippen molar-refractivity contribution in [3.05, 3.63) is 0 Å². The summed E-state index contributed by atoms with van der Waals surface area (Å²) in [7, 11) is 0. The summed E-state index contributed by atoms with van der Waals surface area (Å²) in [6, 6.07) is 0. The molecule has 0 bridgehead atoms. The number of halogens is 5. The summed E-state index contributed by atoms with van der Waals surface area (Å²) in [5.74, 6) is -7.03. The Labute approximate surface area is 95.5 Å². The predicted octanol–water partition coefficient (Wildman–Crippen LogP) is 2.68. The van der Waals surface area contributed by atoms with Gasteiger partial charge in [-0.3, -0.25) is 0 Å². The average Bonchev–Trinajstić information content (AvgIpc) is 1.96. The first kappa shape index (κ1) is 16.5. The fourth-order valence-corrected chi connectivity index (χ4v) is 0.871. The van der Waals surface area contributed by atoms with Crippen molar-refractivity contribution in [2.75, 3.05) is 6.61 Å². The maximum absolute atomic E-state index is 12.4. The highest BCUT2D eigenvalue weighted by atomic mass is 19.4. The van der Waals surface area contributed by atoms with Gasteiger partial charge in [0.15, 0.2) is 0 Å². The lowest BCUT2D eigenvalue weighted by Crippen LogP contribution is -2.51. The molecule has 1 unspecified atom stereocenters. The van der Waals surface area contributed by atoms with Crippen LogP contribution in [-0.4, -0.2) is 35.9 Å². The number of alkyl halides is 5. The van der Waals surface area contributed by atoms with E-state index >= 15 is 0 Å². The number of hydrogen-bond donors (Lipinski definition) is 1. The van der Waals surface area contributed by atoms with Crippen LogP contribution in [0.4, 0.5) is 22.0 Å². The van der Waals surface area contributed by atoms with Gasteiger partial charge in [-0.25, -0.2) is 8.78 Å². The molecule has 17 heavy (non-hydrogen) atoms. The fourth-order valence-electron chi connectivity index (χ4n) is 0.871. The van der Waals surface area contributed by atoms with Crippen LogP contribution in [0.2, 0.25) is 0 Å². The van der Waals surface area contributed by atoms with Crippen molar-refractivity contribution in [1.82, 2.24) is 0 Å². The molecule has 0 fully saturated rings. The molecule has 0 saturated carbocycles. The minimum atomic E-state index is -5.22. The molecule has 0 amide bonds. The van der Waals surface area contributed by atoms with Crippen molar-refractivity contribution in [2.24, 2.45) is 0 Å². The predicted molar refractivity (Wildman–Crippen MR) is 48.4 cm³/mol. The van der Waals surface area contributed by atoms with Gasteiger partial charge in [0.1, 0.15) is 0 Å². The van der Waals surface area contributed by atoms with Crippen molar-refractivity contribution in [2.45, 2.75) is 51.4 Å². The molecule has 0 heterocycles. The van der Waals surface area contributed by atoms with Crippen molar-refractivity contribution in [1.29, 1.82) is 0 Å². The standard InChI is InChI=1S/C9H15F5O3/c1-6(2)17-9(15,8(12,13)14)16-5-4-7(3,10)11/h6,15H,4-5H2,1-3H3. The van der Waals surface area contributed by atoms with Crippen molar-refractivity contribution in [3.63, 3.8) is 0 Å². The van der Waals surface area contributed by atoms with Gasteiger partial charge in [-0.05, 0) is 20.8 Å². The largest absolute Gasteiger partial charge is 0.473 e. The van der Waals surface area contributed by atoms with E-state index in [1.54, 1.807) is 0 Å². The third kappa shape index (κ3) is 6.13. The van der Waals surface area contributed by atoms with Crippen molar-refractivity contribution >= 4 is 0 Å². The Hall–Kier alpha value is -0.470. The molecule has 0 aromatic heterocycles. The molecule has 0 rings (SSSR count). The lowest BCUT2D eigenvalue weighted by Gasteiger charge is -2.31. The normalized spacial score (nSPS) is 17.3. The summed E-state index contributed by atoms with van der Waals surface area (Å²) >= 11 is 0. The van der Waals surface area contributed by atoms with E-state index in [2.05, 4.69) is 9.47 Å². The third-order valence-electron chi connectivity index (χ3n) is 1.59. The second-order valence-corrected chi connectivity index (χ2v) is 3.91. The number of rotatable bonds is 6. The van der Waals surface area contributed by atoms with Gasteiger partial charge in [-0.1, -0.05) is 0 Å². The zero-order valence-electron chi connectivity index (χ0n) is 9.65. The molecule has 3 nitrogen and oxygen atoms in total. The molecule has 0 aliphatic carbocycles. The lowest BCUT2D eigenvalue weighted by molar-refractivity contribution is -0.477. The topological polar surface area (TPSA) is 38.7 Å². The van der Waals surface area contributed by atoms with Gasteiger partial charge in [0, 0.05) is 6.42 Å². The Morgan fingerprint density at radius 1 is 1.12 bits per heavy atom. The number of hydrogen-bond acceptors (Lipinski definition) is 3. The van der Waals surface area contributed by atoms with Crippen LogP contribution >= 0.6 is 0 Å². The van der Waals surface area contributed by atoms with Crippen LogP contribution in [-0.2, 0) is 9.47 Å². The highest BCUT2D eigenvalue weighted by Gasteiger charge is 2.58. The van der Waals surface area contributed by atoms with Crippen molar-refractivity contribution in [3.8, 4) is 0 Å². The van der Waals surface area contributed by atoms with E-state index in [-0.39, 0.29) is 0 Å². The maximum atomic E-state index is 12.4. The monoisotopic (exact) mass is 266 g/mol. The number of aliphatic hydroxyl groups is 1. The average molecular weight is 266 g/mol. The van der Waals surface area contributed by atoms with E-state index in [4.69, 9.17) is 5.11 Å². The van der Waals surface area contributed by atoms with Crippen LogP contribution < -0.4 is 0 Å². The molecular weight excluding hydrogens is 251 g/mol. The summed E-state index contributed by atoms with van der Waals surface area (Å²) in [6.45, 7) is 2.04. The van der Waals surface area contributed by atoms with Gasteiger partial charge in [-0.15, -0.1) is 0 Å². The smallest absolute Gasteiger partial charge is 0.336 e. The Kier molecular flexibility index (Phi) is 5.30. The van der Waals surface area contributed by atoms with Gasteiger partial charge in [0.05, 0.1) is 12.7 Å². The second kappa shape index (κ2) is 5.45. The Balaban J connectivity index is 4.52. The lowest BCUT2D eigenvalue weighted by atomic mass is 10.3. The van der Waals surface area contributed by atoms with Gasteiger partial charge in [0.25, 0.3) is 0 Å². The molecule has 8 heteroatoms. The third-order valence-corrected chi connectivity index (χ3v) is 1.59. The summed E-state index contributed by atoms with van der Waals surface area (Å²) in [5.41, 5.74) is 0. The van der Waals surface area contributed by atoms with Gasteiger partial charge in [0.2, 0.25) is 5.92 Å². The van der Waals surface area contributed by atoms with Crippen LogP contribution in [0.3, 0.4) is 0 Å². The summed E-state index contributed by atoms with van der Waals surface area (Å²) < 4.78 is 70.1. The van der Waals surface area contributed by atoms with Crippen LogP contribution in [0.15, 0.2) is 0 Å². The Bertz CT molecular complexity index is 236. The first-order valence-corrected chi connectivity index (χ1v) is 4.86. The molecule has 1 atom stereocenters. The zero-order chi connectivity index (χ0) is 13.9. The molecule has 0 spiro atoms. The molecular formula is C9H15F5O3. The van der Waals surface area contributed by atoms with Crippen LogP contribution in [0.25, 0.3) is 0 Å². The minimum Gasteiger partial charge on any atom is -0.336 e. The van der Waals surface area contributed by atoms with Crippen LogP contribution in [0.1, 0.15) is 27.2 Å². The SMILES string of the molecule is CC(C)OC(O)(OCCC(C)(F)F)C(F)(F)F. The Morgan fingerprint density at radius 3 is 1.88 bits per heavy atom. The van der Waals surface area contributed by atoms with E-state index in [1.165, 1.54) is 13.8 Å². The highest BCUT2D eigenvalue weighted by molar-refractivity contribution is 4.68. The molecule has 0 aromatic carbocycles. The maximum Gasteiger partial charge on any atom is 0.473 e. The minimum absolute atomic E-state index is 0.534. The highest BCUT2D eigenvalue weighted by Crippen LogP contribution is 2.34. The van der Waals surface area contributed by atoms with Gasteiger partial charge in [-0.2, -0.15) is 13.2 Å². The first-order chi connectivity index (χ1) is 7.37. The molecule has 0 aliphatic rings. The van der Waals surface area contributed by atoms with Gasteiger partial charge < -0.3 is 14.6 Å². The first-order valence-electron chi connectivity index (χ1n) is 4.86.